The molecule has 17 heavy (non-hydrogen) atoms. The van der Waals surface area contributed by atoms with Gasteiger partial charge in [0, 0.05) is 5.56 Å². The van der Waals surface area contributed by atoms with Crippen LogP contribution in [-0.4, -0.2) is 8.42 Å². The molecule has 0 amide bonds. The lowest BCUT2D eigenvalue weighted by atomic mass is 9.90. The fraction of sp³-hybridized carbons (Fsp3) is 0.500. The van der Waals surface area contributed by atoms with Gasteiger partial charge in [-0.3, -0.25) is 0 Å². The Hall–Kier alpha value is -1.07. The Labute approximate surface area is 103 Å². The topological polar surface area (TPSA) is 69.4 Å². The highest BCUT2D eigenvalue weighted by Gasteiger charge is 2.18. The van der Waals surface area contributed by atoms with Crippen molar-refractivity contribution in [3.8, 4) is 5.75 Å². The summed E-state index contributed by atoms with van der Waals surface area (Å²) < 4.78 is 26.9. The average Bonchev–Trinajstić information content (AvgIpc) is 2.14. The summed E-state index contributed by atoms with van der Waals surface area (Å²) in [5, 5.41) is 4.91. The van der Waals surface area contributed by atoms with Gasteiger partial charge in [0.2, 0.25) is 0 Å². The minimum Gasteiger partial charge on any atom is -0.371 e. The lowest BCUT2D eigenvalue weighted by Crippen LogP contribution is -2.20. The Morgan fingerprint density at radius 1 is 1.12 bits per heavy atom. The smallest absolute Gasteiger partial charge is 0.371 e. The zero-order valence-corrected chi connectivity index (χ0v) is 11.4. The third-order valence-corrected chi connectivity index (χ3v) is 2.92. The van der Waals surface area contributed by atoms with Gasteiger partial charge in [-0.1, -0.05) is 39.8 Å². The molecule has 0 heterocycles. The Morgan fingerprint density at radius 3 is 2.12 bits per heavy atom. The minimum atomic E-state index is -3.98. The summed E-state index contributed by atoms with van der Waals surface area (Å²) in [5.41, 5.74) is 1.98. The van der Waals surface area contributed by atoms with E-state index in [4.69, 9.17) is 9.32 Å². The van der Waals surface area contributed by atoms with E-state index in [-0.39, 0.29) is 5.92 Å². The van der Waals surface area contributed by atoms with Crippen LogP contribution in [0.1, 0.15) is 50.7 Å². The average molecular weight is 257 g/mol. The fourth-order valence-corrected chi connectivity index (χ4v) is 2.28. The second kappa shape index (κ2) is 5.06. The molecule has 0 bridgehead atoms. The molecule has 0 aliphatic carbocycles. The van der Waals surface area contributed by atoms with E-state index in [2.05, 4.69) is 13.8 Å². The van der Waals surface area contributed by atoms with Gasteiger partial charge in [0.1, 0.15) is 5.75 Å². The van der Waals surface area contributed by atoms with Crippen molar-refractivity contribution in [2.45, 2.75) is 39.5 Å². The molecule has 0 saturated carbocycles. The van der Waals surface area contributed by atoms with Gasteiger partial charge in [0.05, 0.1) is 0 Å². The maximum Gasteiger partial charge on any atom is 0.380 e. The predicted octanol–water partition coefficient (Wildman–Crippen LogP) is 2.52. The predicted molar refractivity (Wildman–Crippen MR) is 68.4 cm³/mol. The zero-order valence-electron chi connectivity index (χ0n) is 10.6. The molecule has 96 valence electrons. The van der Waals surface area contributed by atoms with Gasteiger partial charge < -0.3 is 4.18 Å². The molecule has 5 heteroatoms. The molecule has 0 fully saturated rings. The van der Waals surface area contributed by atoms with E-state index in [1.165, 1.54) is 0 Å². The molecule has 1 rings (SSSR count). The Kier molecular flexibility index (Phi) is 4.16. The van der Waals surface area contributed by atoms with Crippen LogP contribution in [0.25, 0.3) is 0 Å². The highest BCUT2D eigenvalue weighted by atomic mass is 32.2. The first-order valence-electron chi connectivity index (χ1n) is 5.57. The highest BCUT2D eigenvalue weighted by Crippen LogP contribution is 2.34. The van der Waals surface area contributed by atoms with Gasteiger partial charge in [0.15, 0.2) is 0 Å². The van der Waals surface area contributed by atoms with Crippen molar-refractivity contribution >= 4 is 10.3 Å². The zero-order chi connectivity index (χ0) is 13.2. The molecule has 1 aromatic rings. The van der Waals surface area contributed by atoms with Crippen molar-refractivity contribution in [1.82, 2.24) is 0 Å². The first-order chi connectivity index (χ1) is 7.72. The molecule has 0 spiro atoms. The molecule has 4 nitrogen and oxygen atoms in total. The monoisotopic (exact) mass is 257 g/mol. The van der Waals surface area contributed by atoms with Crippen LogP contribution in [0.5, 0.6) is 5.75 Å². The summed E-state index contributed by atoms with van der Waals surface area (Å²) >= 11 is 0. The molecule has 2 N–H and O–H groups in total. The Bertz CT molecular complexity index is 492. The molecule has 0 aromatic heterocycles. The fourth-order valence-electron chi connectivity index (χ4n) is 1.88. The summed E-state index contributed by atoms with van der Waals surface area (Å²) in [7, 11) is -3.98. The van der Waals surface area contributed by atoms with E-state index in [0.717, 1.165) is 11.1 Å². The van der Waals surface area contributed by atoms with Crippen molar-refractivity contribution < 1.29 is 12.6 Å². The summed E-state index contributed by atoms with van der Waals surface area (Å²) in [4.78, 5) is 0. The second-order valence-corrected chi connectivity index (χ2v) is 5.80. The first-order valence-corrected chi connectivity index (χ1v) is 7.04. The lowest BCUT2D eigenvalue weighted by molar-refractivity contribution is 0.482. The van der Waals surface area contributed by atoms with Crippen LogP contribution in [0.4, 0.5) is 0 Å². The molecule has 0 atom stereocenters. The highest BCUT2D eigenvalue weighted by molar-refractivity contribution is 7.84. The van der Waals surface area contributed by atoms with Crippen LogP contribution in [0.3, 0.4) is 0 Å². The number of hydrogen-bond acceptors (Lipinski definition) is 3. The maximum absolute atomic E-state index is 11.0. The molecule has 0 radical (unpaired) electrons. The largest absolute Gasteiger partial charge is 0.380 e. The van der Waals surface area contributed by atoms with E-state index in [1.807, 2.05) is 19.9 Å². The first kappa shape index (κ1) is 14.0. The SMILES string of the molecule is CC(C)c1cccc(OS(N)(=O)=O)c1C(C)C. The normalized spacial score (nSPS) is 12.2. The van der Waals surface area contributed by atoms with Crippen molar-refractivity contribution in [2.24, 2.45) is 5.14 Å². The molecule has 0 unspecified atom stereocenters. The van der Waals surface area contributed by atoms with E-state index in [9.17, 15) is 8.42 Å². The number of rotatable bonds is 4. The van der Waals surface area contributed by atoms with Gasteiger partial charge in [-0.2, -0.15) is 13.6 Å². The summed E-state index contributed by atoms with van der Waals surface area (Å²) in [6.07, 6.45) is 0. The van der Waals surface area contributed by atoms with E-state index in [1.54, 1.807) is 12.1 Å². The van der Waals surface area contributed by atoms with Crippen LogP contribution < -0.4 is 9.32 Å². The van der Waals surface area contributed by atoms with Gasteiger partial charge in [-0.15, -0.1) is 0 Å². The summed E-state index contributed by atoms with van der Waals surface area (Å²) in [5.74, 6) is 0.801. The minimum absolute atomic E-state index is 0.172. The number of nitrogens with two attached hydrogens (primary N) is 1. The van der Waals surface area contributed by atoms with Crippen molar-refractivity contribution in [1.29, 1.82) is 0 Å². The van der Waals surface area contributed by atoms with Crippen LogP contribution >= 0.6 is 0 Å². The van der Waals surface area contributed by atoms with Gasteiger partial charge >= 0.3 is 10.3 Å². The summed E-state index contributed by atoms with van der Waals surface area (Å²) in [6, 6.07) is 5.39. The van der Waals surface area contributed by atoms with Crippen LogP contribution in [-0.2, 0) is 10.3 Å². The second-order valence-electron chi connectivity index (χ2n) is 4.64. The molecule has 0 aliphatic heterocycles. The molecular formula is C12H19NO3S. The van der Waals surface area contributed by atoms with Gasteiger partial charge in [0.25, 0.3) is 0 Å². The number of benzene rings is 1. The molecule has 0 aliphatic rings. The van der Waals surface area contributed by atoms with Crippen molar-refractivity contribution in [3.63, 3.8) is 0 Å². The van der Waals surface area contributed by atoms with Crippen molar-refractivity contribution in [3.05, 3.63) is 29.3 Å². The van der Waals surface area contributed by atoms with Crippen LogP contribution in [0.15, 0.2) is 18.2 Å². The third-order valence-electron chi connectivity index (χ3n) is 2.51. The van der Waals surface area contributed by atoms with Gasteiger partial charge in [-0.05, 0) is 23.5 Å². The van der Waals surface area contributed by atoms with E-state index < -0.39 is 10.3 Å². The van der Waals surface area contributed by atoms with E-state index >= 15 is 0 Å². The summed E-state index contributed by atoms with van der Waals surface area (Å²) in [6.45, 7) is 8.11. The standard InChI is InChI=1S/C12H19NO3S/c1-8(2)10-6-5-7-11(12(10)9(3)4)16-17(13,14)15/h5-9H,1-4H3,(H2,13,14,15). The molecule has 1 aromatic carbocycles. The Balaban J connectivity index is 3.35. The lowest BCUT2D eigenvalue weighted by Gasteiger charge is -2.19. The molecule has 0 saturated heterocycles. The van der Waals surface area contributed by atoms with Crippen molar-refractivity contribution in [2.75, 3.05) is 0 Å². The van der Waals surface area contributed by atoms with E-state index in [0.29, 0.717) is 11.7 Å². The van der Waals surface area contributed by atoms with Crippen LogP contribution in [0.2, 0.25) is 0 Å². The molecular weight excluding hydrogens is 238 g/mol. The third kappa shape index (κ3) is 3.71. The maximum atomic E-state index is 11.0. The quantitative estimate of drug-likeness (QED) is 0.901. The van der Waals surface area contributed by atoms with Crippen LogP contribution in [0, 0.1) is 0 Å². The number of hydrogen-bond donors (Lipinski definition) is 1. The Morgan fingerprint density at radius 2 is 1.71 bits per heavy atom. The van der Waals surface area contributed by atoms with Gasteiger partial charge in [-0.25, -0.2) is 0 Å².